The number of hydrogen-bond donors (Lipinski definition) is 0. The van der Waals surface area contributed by atoms with E-state index in [1.165, 1.54) is 11.3 Å². The minimum atomic E-state index is 0.0221. The van der Waals surface area contributed by atoms with E-state index in [0.717, 1.165) is 20.5 Å². The highest BCUT2D eigenvalue weighted by molar-refractivity contribution is 7.16. The largest absolute Gasteiger partial charge is 0.361 e. The maximum absolute atomic E-state index is 12.5. The van der Waals surface area contributed by atoms with Crippen molar-refractivity contribution in [2.24, 2.45) is 0 Å². The molecule has 0 aliphatic rings. The SMILES string of the molecule is C=CCN(Cc1ccc(Cl)s1)C(=O)Cc1c(C)noc1C. The molecule has 2 aromatic rings. The molecule has 1 amide bonds. The highest BCUT2D eigenvalue weighted by Gasteiger charge is 2.18. The monoisotopic (exact) mass is 324 g/mol. The van der Waals surface area contributed by atoms with Crippen LogP contribution in [0, 0.1) is 13.8 Å². The van der Waals surface area contributed by atoms with Crippen molar-refractivity contribution in [3.63, 3.8) is 0 Å². The number of aromatic nitrogens is 1. The van der Waals surface area contributed by atoms with Crippen molar-refractivity contribution in [1.82, 2.24) is 10.1 Å². The molecule has 21 heavy (non-hydrogen) atoms. The molecule has 2 heterocycles. The van der Waals surface area contributed by atoms with Gasteiger partial charge >= 0.3 is 0 Å². The second-order valence-corrected chi connectivity index (χ2v) is 6.55. The van der Waals surface area contributed by atoms with Crippen LogP contribution < -0.4 is 0 Å². The summed E-state index contributed by atoms with van der Waals surface area (Å²) in [5.74, 6) is 0.715. The Hall–Kier alpha value is -1.59. The number of rotatable bonds is 6. The van der Waals surface area contributed by atoms with Crippen molar-refractivity contribution in [2.75, 3.05) is 6.54 Å². The van der Waals surface area contributed by atoms with Crippen LogP contribution in [-0.4, -0.2) is 22.5 Å². The average Bonchev–Trinajstić information content (AvgIpc) is 2.98. The van der Waals surface area contributed by atoms with Gasteiger partial charge in [-0.25, -0.2) is 0 Å². The smallest absolute Gasteiger partial charge is 0.227 e. The van der Waals surface area contributed by atoms with E-state index >= 15 is 0 Å². The van der Waals surface area contributed by atoms with Gasteiger partial charge in [0.1, 0.15) is 5.76 Å². The number of nitrogens with zero attached hydrogens (tertiary/aromatic N) is 2. The summed E-state index contributed by atoms with van der Waals surface area (Å²) in [6, 6.07) is 3.78. The van der Waals surface area contributed by atoms with Crippen LogP contribution in [0.4, 0.5) is 0 Å². The Labute approximate surface area is 133 Å². The van der Waals surface area contributed by atoms with Gasteiger partial charge in [-0.2, -0.15) is 0 Å². The standard InChI is InChI=1S/C15H17ClN2O2S/c1-4-7-18(9-12-5-6-14(16)21-12)15(19)8-13-10(2)17-20-11(13)3/h4-6H,1,7-9H2,2-3H3. The van der Waals surface area contributed by atoms with Gasteiger partial charge in [0, 0.05) is 17.0 Å². The lowest BCUT2D eigenvalue weighted by Gasteiger charge is -2.20. The summed E-state index contributed by atoms with van der Waals surface area (Å²) in [7, 11) is 0. The second kappa shape index (κ2) is 6.91. The first kappa shape index (κ1) is 15.8. The second-order valence-electron chi connectivity index (χ2n) is 4.75. The minimum Gasteiger partial charge on any atom is -0.361 e. The maximum atomic E-state index is 12.5. The summed E-state index contributed by atoms with van der Waals surface area (Å²) < 4.78 is 5.83. The molecule has 6 heteroatoms. The Morgan fingerprint density at radius 1 is 1.52 bits per heavy atom. The molecule has 0 N–H and O–H groups in total. The molecule has 112 valence electrons. The van der Waals surface area contributed by atoms with Crippen LogP contribution in [-0.2, 0) is 17.8 Å². The van der Waals surface area contributed by atoms with Crippen LogP contribution >= 0.6 is 22.9 Å². The number of thiophene rings is 1. The summed E-state index contributed by atoms with van der Waals surface area (Å²) in [5.41, 5.74) is 1.62. The topological polar surface area (TPSA) is 46.3 Å². The van der Waals surface area contributed by atoms with E-state index in [9.17, 15) is 4.79 Å². The van der Waals surface area contributed by atoms with E-state index in [0.29, 0.717) is 18.8 Å². The Bertz CT molecular complexity index is 628. The van der Waals surface area contributed by atoms with Crippen LogP contribution in [0.15, 0.2) is 29.3 Å². The number of halogens is 1. The number of carbonyl (C=O) groups is 1. The highest BCUT2D eigenvalue weighted by Crippen LogP contribution is 2.23. The van der Waals surface area contributed by atoms with Gasteiger partial charge in [0.05, 0.1) is 23.0 Å². The van der Waals surface area contributed by atoms with Crippen molar-refractivity contribution in [3.8, 4) is 0 Å². The fourth-order valence-corrected chi connectivity index (χ4v) is 3.16. The molecule has 0 fully saturated rings. The molecule has 0 unspecified atom stereocenters. The highest BCUT2D eigenvalue weighted by atomic mass is 35.5. The molecule has 0 saturated heterocycles. The normalized spacial score (nSPS) is 10.6. The summed E-state index contributed by atoms with van der Waals surface area (Å²) in [5, 5.41) is 3.88. The Kier molecular flexibility index (Phi) is 5.20. The van der Waals surface area contributed by atoms with E-state index < -0.39 is 0 Å². The van der Waals surface area contributed by atoms with Crippen LogP contribution in [0.25, 0.3) is 0 Å². The summed E-state index contributed by atoms with van der Waals surface area (Å²) in [6.45, 7) is 8.41. The number of hydrogen-bond acceptors (Lipinski definition) is 4. The summed E-state index contributed by atoms with van der Waals surface area (Å²) in [4.78, 5) is 15.3. The third-order valence-corrected chi connectivity index (χ3v) is 4.40. The lowest BCUT2D eigenvalue weighted by atomic mass is 10.1. The lowest BCUT2D eigenvalue weighted by molar-refractivity contribution is -0.130. The molecule has 0 aliphatic heterocycles. The van der Waals surface area contributed by atoms with Crippen LogP contribution in [0.5, 0.6) is 0 Å². The number of carbonyl (C=O) groups excluding carboxylic acids is 1. The summed E-state index contributed by atoms with van der Waals surface area (Å²) >= 11 is 7.41. The quantitative estimate of drug-likeness (QED) is 0.760. The Morgan fingerprint density at radius 3 is 2.81 bits per heavy atom. The van der Waals surface area contributed by atoms with E-state index in [4.69, 9.17) is 16.1 Å². The number of aryl methyl sites for hydroxylation is 2. The van der Waals surface area contributed by atoms with E-state index in [1.54, 1.807) is 11.0 Å². The van der Waals surface area contributed by atoms with Crippen LogP contribution in [0.2, 0.25) is 4.34 Å². The predicted molar refractivity (Wildman–Crippen MR) is 84.6 cm³/mol. The van der Waals surface area contributed by atoms with Crippen LogP contribution in [0.3, 0.4) is 0 Å². The van der Waals surface area contributed by atoms with E-state index in [2.05, 4.69) is 11.7 Å². The van der Waals surface area contributed by atoms with Crippen molar-refractivity contribution in [2.45, 2.75) is 26.8 Å². The maximum Gasteiger partial charge on any atom is 0.227 e. The van der Waals surface area contributed by atoms with Gasteiger partial charge < -0.3 is 9.42 Å². The van der Waals surface area contributed by atoms with Gasteiger partial charge in [0.25, 0.3) is 0 Å². The molecular weight excluding hydrogens is 308 g/mol. The fourth-order valence-electron chi connectivity index (χ4n) is 2.05. The predicted octanol–water partition coefficient (Wildman–Crippen LogP) is 3.76. The molecule has 0 atom stereocenters. The molecule has 2 rings (SSSR count). The first-order valence-corrected chi connectivity index (χ1v) is 7.75. The molecule has 0 aliphatic carbocycles. The van der Waals surface area contributed by atoms with Crippen molar-refractivity contribution in [3.05, 3.63) is 51.0 Å². The average molecular weight is 325 g/mol. The molecule has 4 nitrogen and oxygen atoms in total. The van der Waals surface area contributed by atoms with Crippen molar-refractivity contribution < 1.29 is 9.32 Å². The third-order valence-electron chi connectivity index (χ3n) is 3.19. The molecule has 0 bridgehead atoms. The molecule has 0 radical (unpaired) electrons. The first-order valence-electron chi connectivity index (χ1n) is 6.56. The molecular formula is C15H17ClN2O2S. The molecule has 0 aromatic carbocycles. The van der Waals surface area contributed by atoms with Gasteiger partial charge in [0.2, 0.25) is 5.91 Å². The minimum absolute atomic E-state index is 0.0221. The van der Waals surface area contributed by atoms with Gasteiger partial charge in [-0.3, -0.25) is 4.79 Å². The Balaban J connectivity index is 2.10. The number of amides is 1. The zero-order valence-corrected chi connectivity index (χ0v) is 13.6. The Morgan fingerprint density at radius 2 is 2.29 bits per heavy atom. The zero-order valence-electron chi connectivity index (χ0n) is 12.1. The summed E-state index contributed by atoms with van der Waals surface area (Å²) in [6.07, 6.45) is 2.01. The first-order chi connectivity index (χ1) is 10.0. The molecule has 2 aromatic heterocycles. The van der Waals surface area contributed by atoms with E-state index in [1.807, 2.05) is 26.0 Å². The van der Waals surface area contributed by atoms with Crippen LogP contribution in [0.1, 0.15) is 21.9 Å². The van der Waals surface area contributed by atoms with Gasteiger partial charge in [0.15, 0.2) is 0 Å². The fraction of sp³-hybridized carbons (Fsp3) is 0.333. The van der Waals surface area contributed by atoms with Crippen molar-refractivity contribution in [1.29, 1.82) is 0 Å². The molecule has 0 saturated carbocycles. The van der Waals surface area contributed by atoms with Crippen molar-refractivity contribution >= 4 is 28.8 Å². The van der Waals surface area contributed by atoms with Gasteiger partial charge in [-0.15, -0.1) is 17.9 Å². The third kappa shape index (κ3) is 3.95. The van der Waals surface area contributed by atoms with Gasteiger partial charge in [-0.05, 0) is 26.0 Å². The van der Waals surface area contributed by atoms with E-state index in [-0.39, 0.29) is 12.3 Å². The molecule has 0 spiro atoms. The van der Waals surface area contributed by atoms with Gasteiger partial charge in [-0.1, -0.05) is 22.8 Å². The zero-order chi connectivity index (χ0) is 15.4. The lowest BCUT2D eigenvalue weighted by Crippen LogP contribution is -2.31.